The van der Waals surface area contributed by atoms with E-state index in [1.54, 1.807) is 22.2 Å². The Bertz CT molecular complexity index is 552. The Labute approximate surface area is 121 Å². The molecule has 6 nitrogen and oxygen atoms in total. The minimum Gasteiger partial charge on any atom is -0.396 e. The van der Waals surface area contributed by atoms with E-state index in [1.807, 2.05) is 31.4 Å². The van der Waals surface area contributed by atoms with Crippen LogP contribution < -0.4 is 5.32 Å². The molecule has 0 saturated carbocycles. The van der Waals surface area contributed by atoms with Crippen LogP contribution in [0.4, 0.5) is 0 Å². The average Bonchev–Trinajstić information content (AvgIpc) is 3.09. The second kappa shape index (κ2) is 6.62. The molecule has 2 unspecified atom stereocenters. The first-order chi connectivity index (χ1) is 9.60. The Morgan fingerprint density at radius 2 is 2.35 bits per heavy atom. The smallest absolute Gasteiger partial charge is 0.273 e. The third-order valence-corrected chi connectivity index (χ3v) is 4.03. The van der Waals surface area contributed by atoms with E-state index in [9.17, 15) is 4.79 Å². The zero-order chi connectivity index (χ0) is 14.5. The van der Waals surface area contributed by atoms with Gasteiger partial charge in [0, 0.05) is 17.5 Å². The van der Waals surface area contributed by atoms with E-state index in [4.69, 9.17) is 5.11 Å². The van der Waals surface area contributed by atoms with Crippen molar-refractivity contribution in [2.75, 3.05) is 6.61 Å². The molecule has 0 fully saturated rings. The van der Waals surface area contributed by atoms with Gasteiger partial charge in [0.15, 0.2) is 5.69 Å². The van der Waals surface area contributed by atoms with Crippen LogP contribution in [-0.4, -0.2) is 38.7 Å². The molecule has 7 heteroatoms. The first kappa shape index (κ1) is 14.7. The highest BCUT2D eigenvalue weighted by molar-refractivity contribution is 7.09. The summed E-state index contributed by atoms with van der Waals surface area (Å²) in [7, 11) is 0. The maximum absolute atomic E-state index is 12.0. The molecule has 0 aliphatic rings. The number of carbonyl (C=O) groups excluding carboxylic acids is 1. The molecule has 2 N–H and O–H groups in total. The molecule has 2 heterocycles. The van der Waals surface area contributed by atoms with Gasteiger partial charge in [0.1, 0.15) is 0 Å². The van der Waals surface area contributed by atoms with Crippen molar-refractivity contribution in [3.8, 4) is 0 Å². The number of hydrogen-bond donors (Lipinski definition) is 2. The molecule has 2 atom stereocenters. The molecular weight excluding hydrogens is 276 g/mol. The lowest BCUT2D eigenvalue weighted by molar-refractivity contribution is 0.0911. The van der Waals surface area contributed by atoms with E-state index in [1.165, 1.54) is 0 Å². The summed E-state index contributed by atoms with van der Waals surface area (Å²) in [6.07, 6.45) is 1.63. The summed E-state index contributed by atoms with van der Waals surface area (Å²) in [6.45, 7) is 4.38. The van der Waals surface area contributed by atoms with Crippen LogP contribution in [0.5, 0.6) is 0 Å². The lowest BCUT2D eigenvalue weighted by atomic mass is 10.1. The largest absolute Gasteiger partial charge is 0.396 e. The number of aliphatic hydroxyl groups excluding tert-OH is 1. The molecular formula is C13H18N4O2S. The second-order valence-corrected chi connectivity index (χ2v) is 5.83. The molecule has 0 spiro atoms. The van der Waals surface area contributed by atoms with Crippen LogP contribution in [0.1, 0.15) is 29.2 Å². The highest BCUT2D eigenvalue weighted by Gasteiger charge is 2.17. The van der Waals surface area contributed by atoms with E-state index < -0.39 is 0 Å². The molecule has 0 aromatic carbocycles. The predicted molar refractivity (Wildman–Crippen MR) is 76.6 cm³/mol. The fourth-order valence-electron chi connectivity index (χ4n) is 1.62. The fourth-order valence-corrected chi connectivity index (χ4v) is 2.32. The van der Waals surface area contributed by atoms with E-state index in [0.717, 1.165) is 4.88 Å². The maximum atomic E-state index is 12.0. The van der Waals surface area contributed by atoms with Gasteiger partial charge in [-0.2, -0.15) is 0 Å². The Balaban J connectivity index is 1.96. The van der Waals surface area contributed by atoms with Crippen molar-refractivity contribution < 1.29 is 9.90 Å². The second-order valence-electron chi connectivity index (χ2n) is 4.80. The molecule has 0 bridgehead atoms. The summed E-state index contributed by atoms with van der Waals surface area (Å²) >= 11 is 1.64. The SMILES string of the molecule is CC(CO)C(C)NC(=O)c1cn(Cc2cccs2)nn1. The van der Waals surface area contributed by atoms with Gasteiger partial charge < -0.3 is 10.4 Å². The number of thiophene rings is 1. The number of rotatable bonds is 6. The zero-order valence-electron chi connectivity index (χ0n) is 11.5. The monoisotopic (exact) mass is 294 g/mol. The molecule has 20 heavy (non-hydrogen) atoms. The van der Waals surface area contributed by atoms with Gasteiger partial charge in [-0.05, 0) is 24.3 Å². The molecule has 108 valence electrons. The molecule has 2 aromatic heterocycles. The van der Waals surface area contributed by atoms with Crippen LogP contribution in [0.25, 0.3) is 0 Å². The van der Waals surface area contributed by atoms with Crippen LogP contribution in [0, 0.1) is 5.92 Å². The van der Waals surface area contributed by atoms with Crippen LogP contribution in [-0.2, 0) is 6.54 Å². The molecule has 0 saturated heterocycles. The summed E-state index contributed by atoms with van der Waals surface area (Å²) in [5.74, 6) is -0.268. The number of nitrogens with zero attached hydrogens (tertiary/aromatic N) is 3. The van der Waals surface area contributed by atoms with Gasteiger partial charge in [-0.25, -0.2) is 4.68 Å². The quantitative estimate of drug-likeness (QED) is 0.837. The van der Waals surface area contributed by atoms with Gasteiger partial charge in [0.25, 0.3) is 5.91 Å². The summed E-state index contributed by atoms with van der Waals surface area (Å²) in [5.41, 5.74) is 0.290. The Hall–Kier alpha value is -1.73. The molecule has 2 rings (SSSR count). The maximum Gasteiger partial charge on any atom is 0.273 e. The first-order valence-corrected chi connectivity index (χ1v) is 7.32. The average molecular weight is 294 g/mol. The summed E-state index contributed by atoms with van der Waals surface area (Å²) in [4.78, 5) is 13.1. The number of hydrogen-bond acceptors (Lipinski definition) is 5. The van der Waals surface area contributed by atoms with E-state index in [0.29, 0.717) is 12.2 Å². The lowest BCUT2D eigenvalue weighted by Gasteiger charge is -2.18. The normalized spacial score (nSPS) is 13.9. The minimum absolute atomic E-state index is 0.000105. The number of aromatic nitrogens is 3. The van der Waals surface area contributed by atoms with Crippen molar-refractivity contribution in [2.45, 2.75) is 26.4 Å². The van der Waals surface area contributed by atoms with Crippen LogP contribution in [0.3, 0.4) is 0 Å². The highest BCUT2D eigenvalue weighted by atomic mass is 32.1. The van der Waals surface area contributed by atoms with Gasteiger partial charge in [0.2, 0.25) is 0 Å². The van der Waals surface area contributed by atoms with Crippen LogP contribution in [0.2, 0.25) is 0 Å². The van der Waals surface area contributed by atoms with Crippen molar-refractivity contribution in [2.24, 2.45) is 5.92 Å². The predicted octanol–water partition coefficient (Wildman–Crippen LogP) is 1.13. The lowest BCUT2D eigenvalue weighted by Crippen LogP contribution is -2.38. The van der Waals surface area contributed by atoms with E-state index in [-0.39, 0.29) is 24.5 Å². The van der Waals surface area contributed by atoms with Gasteiger partial charge in [-0.1, -0.05) is 18.2 Å². The van der Waals surface area contributed by atoms with Crippen molar-refractivity contribution in [1.82, 2.24) is 20.3 Å². The van der Waals surface area contributed by atoms with Gasteiger partial charge >= 0.3 is 0 Å². The first-order valence-electron chi connectivity index (χ1n) is 6.44. The number of nitrogens with one attached hydrogen (secondary N) is 1. The number of amides is 1. The zero-order valence-corrected chi connectivity index (χ0v) is 12.3. The third-order valence-electron chi connectivity index (χ3n) is 3.17. The van der Waals surface area contributed by atoms with Gasteiger partial charge in [-0.15, -0.1) is 16.4 Å². The Kier molecular flexibility index (Phi) is 4.86. The number of carbonyl (C=O) groups is 1. The fraction of sp³-hybridized carbons (Fsp3) is 0.462. The van der Waals surface area contributed by atoms with Gasteiger partial charge in [0.05, 0.1) is 12.7 Å². The summed E-state index contributed by atoms with van der Waals surface area (Å²) in [6, 6.07) is 3.87. The topological polar surface area (TPSA) is 80.0 Å². The summed E-state index contributed by atoms with van der Waals surface area (Å²) in [5, 5.41) is 21.7. The van der Waals surface area contributed by atoms with Crippen LogP contribution in [0.15, 0.2) is 23.7 Å². The Morgan fingerprint density at radius 3 is 3.00 bits per heavy atom. The van der Waals surface area contributed by atoms with Crippen molar-refractivity contribution in [3.63, 3.8) is 0 Å². The summed E-state index contributed by atoms with van der Waals surface area (Å²) < 4.78 is 1.64. The van der Waals surface area contributed by atoms with Crippen molar-refractivity contribution in [1.29, 1.82) is 0 Å². The molecule has 0 aliphatic carbocycles. The molecule has 1 amide bonds. The minimum atomic E-state index is -0.268. The van der Waals surface area contributed by atoms with Crippen molar-refractivity contribution >= 4 is 17.2 Å². The molecule has 0 aliphatic heterocycles. The molecule has 0 radical (unpaired) electrons. The molecule has 2 aromatic rings. The Morgan fingerprint density at radius 1 is 1.55 bits per heavy atom. The van der Waals surface area contributed by atoms with Gasteiger partial charge in [-0.3, -0.25) is 4.79 Å². The van der Waals surface area contributed by atoms with Crippen molar-refractivity contribution in [3.05, 3.63) is 34.3 Å². The number of aliphatic hydroxyl groups is 1. The van der Waals surface area contributed by atoms with E-state index >= 15 is 0 Å². The van der Waals surface area contributed by atoms with E-state index in [2.05, 4.69) is 15.6 Å². The van der Waals surface area contributed by atoms with Crippen LogP contribution >= 0.6 is 11.3 Å². The standard InChI is InChI=1S/C13H18N4O2S/c1-9(8-18)10(2)14-13(19)12-7-17(16-15-12)6-11-4-3-5-20-11/h3-5,7,9-10,18H,6,8H2,1-2H3,(H,14,19). The third kappa shape index (κ3) is 3.64. The highest BCUT2D eigenvalue weighted by Crippen LogP contribution is 2.10.